The van der Waals surface area contributed by atoms with Crippen molar-refractivity contribution in [3.8, 4) is 56.4 Å². The SMILES string of the molecule is c1ccc(-c2nc(-c3ccccc3)nc(-c3ccc4oc5cccc(-c6cccc7c6oc6c(-c8cccc9c8sc8ccccc89)cccc67)c5c4c3)n2)cc1. The van der Waals surface area contributed by atoms with E-state index in [1.165, 1.54) is 25.7 Å². The van der Waals surface area contributed by atoms with E-state index in [9.17, 15) is 0 Å². The summed E-state index contributed by atoms with van der Waals surface area (Å²) in [5.74, 6) is 1.84. The van der Waals surface area contributed by atoms with Crippen LogP contribution in [0.2, 0.25) is 0 Å². The van der Waals surface area contributed by atoms with Crippen molar-refractivity contribution in [1.29, 1.82) is 0 Å². The summed E-state index contributed by atoms with van der Waals surface area (Å²) in [6.07, 6.45) is 0. The Morgan fingerprint density at radius 3 is 1.60 bits per heavy atom. The van der Waals surface area contributed by atoms with Crippen molar-refractivity contribution in [1.82, 2.24) is 15.0 Å². The van der Waals surface area contributed by atoms with Crippen molar-refractivity contribution in [2.24, 2.45) is 0 Å². The van der Waals surface area contributed by atoms with Crippen molar-refractivity contribution in [2.75, 3.05) is 0 Å². The van der Waals surface area contributed by atoms with E-state index in [2.05, 4.69) is 97.1 Å². The number of fused-ring (bicyclic) bond motifs is 9. The number of thiophene rings is 1. The average molecular weight is 748 g/mol. The summed E-state index contributed by atoms with van der Waals surface area (Å²) in [6.45, 7) is 0. The summed E-state index contributed by atoms with van der Waals surface area (Å²) < 4.78 is 16.1. The van der Waals surface area contributed by atoms with Gasteiger partial charge in [-0.05, 0) is 35.9 Å². The average Bonchev–Trinajstić information content (AvgIpc) is 3.98. The molecule has 4 aromatic heterocycles. The monoisotopic (exact) mass is 747 g/mol. The molecule has 0 atom stereocenters. The molecular weight excluding hydrogens is 719 g/mol. The summed E-state index contributed by atoms with van der Waals surface area (Å²) in [7, 11) is 0. The highest BCUT2D eigenvalue weighted by molar-refractivity contribution is 7.26. The fourth-order valence-corrected chi connectivity index (χ4v) is 9.56. The molecule has 12 aromatic rings. The molecule has 8 aromatic carbocycles. The van der Waals surface area contributed by atoms with E-state index in [0.29, 0.717) is 17.5 Å². The van der Waals surface area contributed by atoms with Crippen LogP contribution in [0.3, 0.4) is 0 Å². The van der Waals surface area contributed by atoms with E-state index < -0.39 is 0 Å². The molecule has 12 rings (SSSR count). The number of para-hydroxylation sites is 2. The predicted molar refractivity (Wildman–Crippen MR) is 234 cm³/mol. The first-order chi connectivity index (χ1) is 28.2. The number of hydrogen-bond acceptors (Lipinski definition) is 6. The van der Waals surface area contributed by atoms with Gasteiger partial charge in [0.25, 0.3) is 0 Å². The van der Waals surface area contributed by atoms with Crippen molar-refractivity contribution in [3.05, 3.63) is 176 Å². The molecule has 0 saturated carbocycles. The molecule has 0 aliphatic heterocycles. The molecule has 0 aliphatic rings. The first kappa shape index (κ1) is 31.9. The minimum atomic E-state index is 0.594. The zero-order valence-corrected chi connectivity index (χ0v) is 31.1. The molecule has 0 radical (unpaired) electrons. The van der Waals surface area contributed by atoms with Gasteiger partial charge < -0.3 is 8.83 Å². The third-order valence-corrected chi connectivity index (χ3v) is 12.2. The maximum atomic E-state index is 7.03. The van der Waals surface area contributed by atoms with Crippen LogP contribution in [0.15, 0.2) is 185 Å². The molecule has 0 bridgehead atoms. The summed E-state index contributed by atoms with van der Waals surface area (Å²) in [6, 6.07) is 60.7. The molecule has 4 heterocycles. The molecule has 57 heavy (non-hydrogen) atoms. The van der Waals surface area contributed by atoms with Crippen LogP contribution in [0.5, 0.6) is 0 Å². The number of furan rings is 2. The van der Waals surface area contributed by atoms with Crippen LogP contribution in [0.25, 0.3) is 120 Å². The minimum Gasteiger partial charge on any atom is -0.456 e. The lowest BCUT2D eigenvalue weighted by Crippen LogP contribution is -2.00. The van der Waals surface area contributed by atoms with Gasteiger partial charge in [0.2, 0.25) is 0 Å². The second-order valence-corrected chi connectivity index (χ2v) is 15.3. The van der Waals surface area contributed by atoms with Gasteiger partial charge in [0.1, 0.15) is 22.3 Å². The van der Waals surface area contributed by atoms with Crippen molar-refractivity contribution in [2.45, 2.75) is 0 Å². The van der Waals surface area contributed by atoms with Gasteiger partial charge in [-0.25, -0.2) is 15.0 Å². The lowest BCUT2D eigenvalue weighted by atomic mass is 9.96. The number of nitrogens with zero attached hydrogens (tertiary/aromatic N) is 3. The first-order valence-corrected chi connectivity index (χ1v) is 19.7. The minimum absolute atomic E-state index is 0.594. The molecule has 0 saturated heterocycles. The van der Waals surface area contributed by atoms with Gasteiger partial charge in [-0.2, -0.15) is 0 Å². The van der Waals surface area contributed by atoms with Gasteiger partial charge in [-0.3, -0.25) is 0 Å². The standard InChI is InChI=1S/C51H29N3O2S/c1-3-13-30(14-4-1)49-52-50(31-15-5-2-6-16-31)54-51(53-49)32-27-28-42-41(29-32)45-34(18-12-25-43(45)55-42)35-19-9-20-36-37-21-10-22-38(47(37)56-46(35)36)40-24-11-23-39-33-17-7-8-26-44(33)57-48(39)40/h1-29H. The Kier molecular flexibility index (Phi) is 7.03. The maximum Gasteiger partial charge on any atom is 0.164 e. The highest BCUT2D eigenvalue weighted by Gasteiger charge is 2.21. The van der Waals surface area contributed by atoms with Gasteiger partial charge in [0.15, 0.2) is 17.5 Å². The Bertz CT molecular complexity index is 3470. The number of aromatic nitrogens is 3. The summed E-state index contributed by atoms with van der Waals surface area (Å²) in [5.41, 5.74) is 10.4. The van der Waals surface area contributed by atoms with Gasteiger partial charge in [0, 0.05) is 75.1 Å². The smallest absolute Gasteiger partial charge is 0.164 e. The van der Waals surface area contributed by atoms with Crippen LogP contribution >= 0.6 is 11.3 Å². The van der Waals surface area contributed by atoms with Crippen molar-refractivity contribution in [3.63, 3.8) is 0 Å². The lowest BCUT2D eigenvalue weighted by molar-refractivity contribution is 0.669. The Labute approximate surface area is 330 Å². The lowest BCUT2D eigenvalue weighted by Gasteiger charge is -2.09. The zero-order valence-electron chi connectivity index (χ0n) is 30.3. The predicted octanol–water partition coefficient (Wildman–Crippen LogP) is 14.4. The van der Waals surface area contributed by atoms with E-state index in [0.717, 1.165) is 77.3 Å². The maximum absolute atomic E-state index is 7.03. The molecule has 0 aliphatic carbocycles. The number of rotatable bonds is 5. The van der Waals surface area contributed by atoms with Crippen molar-refractivity contribution >= 4 is 75.4 Å². The molecule has 5 nitrogen and oxygen atoms in total. The normalized spacial score (nSPS) is 11.9. The summed E-state index contributed by atoms with van der Waals surface area (Å²) in [5, 5.41) is 6.71. The van der Waals surface area contributed by atoms with E-state index in [1.807, 2.05) is 90.2 Å². The zero-order chi connectivity index (χ0) is 37.5. The van der Waals surface area contributed by atoms with Crippen LogP contribution in [0.1, 0.15) is 0 Å². The van der Waals surface area contributed by atoms with E-state index in [4.69, 9.17) is 23.8 Å². The van der Waals surface area contributed by atoms with E-state index >= 15 is 0 Å². The molecule has 0 N–H and O–H groups in total. The topological polar surface area (TPSA) is 65.0 Å². The van der Waals surface area contributed by atoms with Gasteiger partial charge in [-0.1, -0.05) is 146 Å². The quantitative estimate of drug-likeness (QED) is 0.175. The number of hydrogen-bond donors (Lipinski definition) is 0. The molecule has 0 unspecified atom stereocenters. The third kappa shape index (κ3) is 5.04. The van der Waals surface area contributed by atoms with E-state index in [1.54, 1.807) is 0 Å². The van der Waals surface area contributed by atoms with Crippen LogP contribution in [0.4, 0.5) is 0 Å². The van der Waals surface area contributed by atoms with Crippen LogP contribution in [0, 0.1) is 0 Å². The summed E-state index contributed by atoms with van der Waals surface area (Å²) in [4.78, 5) is 14.9. The molecule has 0 fully saturated rings. The first-order valence-electron chi connectivity index (χ1n) is 18.9. The molecule has 0 spiro atoms. The third-order valence-electron chi connectivity index (χ3n) is 11.0. The Hall–Kier alpha value is -7.41. The second-order valence-electron chi connectivity index (χ2n) is 14.3. The van der Waals surface area contributed by atoms with Gasteiger partial charge in [-0.15, -0.1) is 11.3 Å². The van der Waals surface area contributed by atoms with Gasteiger partial charge in [0.05, 0.1) is 0 Å². The Morgan fingerprint density at radius 1 is 0.351 bits per heavy atom. The highest BCUT2D eigenvalue weighted by atomic mass is 32.1. The fourth-order valence-electron chi connectivity index (χ4n) is 8.33. The summed E-state index contributed by atoms with van der Waals surface area (Å²) >= 11 is 1.84. The van der Waals surface area contributed by atoms with Gasteiger partial charge >= 0.3 is 0 Å². The van der Waals surface area contributed by atoms with Crippen molar-refractivity contribution < 1.29 is 8.83 Å². The molecule has 0 amide bonds. The number of benzene rings is 8. The molecule has 266 valence electrons. The van der Waals surface area contributed by atoms with E-state index in [-0.39, 0.29) is 0 Å². The molecule has 6 heteroatoms. The van der Waals surface area contributed by atoms with Crippen LogP contribution in [-0.4, -0.2) is 15.0 Å². The second kappa shape index (κ2) is 12.6. The highest BCUT2D eigenvalue weighted by Crippen LogP contribution is 2.46. The Morgan fingerprint density at radius 2 is 0.895 bits per heavy atom. The van der Waals surface area contributed by atoms with Crippen LogP contribution < -0.4 is 0 Å². The fraction of sp³-hybridized carbons (Fsp3) is 0. The largest absolute Gasteiger partial charge is 0.456 e. The Balaban J connectivity index is 1.05. The molecular formula is C51H29N3O2S. The van der Waals surface area contributed by atoms with Crippen LogP contribution in [-0.2, 0) is 0 Å².